The van der Waals surface area contributed by atoms with Crippen LogP contribution >= 0.6 is 12.6 Å². The summed E-state index contributed by atoms with van der Waals surface area (Å²) in [6, 6.07) is 0. The van der Waals surface area contributed by atoms with Crippen LogP contribution in [-0.4, -0.2) is 0 Å². The number of hydrogen-bond donors (Lipinski definition) is 1. The molecule has 0 aromatic rings. The van der Waals surface area contributed by atoms with Crippen LogP contribution in [0.2, 0.25) is 0 Å². The Labute approximate surface area is 55.7 Å². The Hall–Kier alpha value is -0.170. The van der Waals surface area contributed by atoms with Crippen molar-refractivity contribution in [2.24, 2.45) is 5.92 Å². The lowest BCUT2D eigenvalue weighted by molar-refractivity contribution is 0.730. The molecule has 0 fully saturated rings. The Balaban J connectivity index is 2.59. The van der Waals surface area contributed by atoms with Crippen LogP contribution in [0.4, 0.5) is 0 Å². The number of rotatable bonds is 0. The molecule has 0 amide bonds. The van der Waals surface area contributed by atoms with E-state index in [0.29, 0.717) is 5.92 Å². The minimum Gasteiger partial charge on any atom is -0.148 e. The molecule has 1 atom stereocenters. The number of thiol groups is 1. The van der Waals surface area contributed by atoms with E-state index < -0.39 is 0 Å². The van der Waals surface area contributed by atoms with Crippen LogP contribution in [0, 0.1) is 5.92 Å². The molecule has 0 saturated heterocycles. The van der Waals surface area contributed by atoms with Gasteiger partial charge in [-0.05, 0) is 17.2 Å². The summed E-state index contributed by atoms with van der Waals surface area (Å²) in [6.07, 6.45) is 7.42. The van der Waals surface area contributed by atoms with E-state index in [1.165, 1.54) is 4.91 Å². The third-order valence-electron chi connectivity index (χ3n) is 1.26. The average molecular weight is 126 g/mol. The molecule has 0 nitrogen and oxygen atoms in total. The van der Waals surface area contributed by atoms with E-state index in [4.69, 9.17) is 0 Å². The zero-order valence-corrected chi connectivity index (χ0v) is 5.86. The van der Waals surface area contributed by atoms with E-state index in [9.17, 15) is 0 Å². The van der Waals surface area contributed by atoms with Crippen molar-refractivity contribution in [3.63, 3.8) is 0 Å². The van der Waals surface area contributed by atoms with Crippen LogP contribution in [0.5, 0.6) is 0 Å². The molecule has 0 aliphatic heterocycles. The molecule has 8 heavy (non-hydrogen) atoms. The van der Waals surface area contributed by atoms with Gasteiger partial charge in [0.25, 0.3) is 0 Å². The standard InChI is InChI=1S/C7H10S/c1-6-3-2-4-7(8)5-6/h2-4,6,8H,5H2,1H3/t6-/m0/s1. The fourth-order valence-corrected chi connectivity index (χ4v) is 1.20. The van der Waals surface area contributed by atoms with E-state index in [2.05, 4.69) is 31.7 Å². The predicted molar refractivity (Wildman–Crippen MR) is 40.0 cm³/mol. The molecule has 0 spiro atoms. The van der Waals surface area contributed by atoms with Crippen LogP contribution in [0.1, 0.15) is 13.3 Å². The summed E-state index contributed by atoms with van der Waals surface area (Å²) in [7, 11) is 0. The molecule has 0 radical (unpaired) electrons. The van der Waals surface area contributed by atoms with Crippen LogP contribution < -0.4 is 0 Å². The smallest absolute Gasteiger partial charge is 0.0160 e. The van der Waals surface area contributed by atoms with Gasteiger partial charge < -0.3 is 0 Å². The molecule has 44 valence electrons. The van der Waals surface area contributed by atoms with Gasteiger partial charge in [0, 0.05) is 0 Å². The van der Waals surface area contributed by atoms with Crippen molar-refractivity contribution in [3.8, 4) is 0 Å². The predicted octanol–water partition coefficient (Wildman–Crippen LogP) is 2.40. The summed E-state index contributed by atoms with van der Waals surface area (Å²) in [6.45, 7) is 2.19. The molecule has 1 aliphatic carbocycles. The topological polar surface area (TPSA) is 0 Å². The van der Waals surface area contributed by atoms with E-state index >= 15 is 0 Å². The van der Waals surface area contributed by atoms with Crippen molar-refractivity contribution < 1.29 is 0 Å². The zero-order chi connectivity index (χ0) is 5.98. The summed E-state index contributed by atoms with van der Waals surface area (Å²) in [5.74, 6) is 0.687. The maximum absolute atomic E-state index is 4.23. The highest BCUT2D eigenvalue weighted by atomic mass is 32.1. The lowest BCUT2D eigenvalue weighted by Crippen LogP contribution is -1.92. The van der Waals surface area contributed by atoms with Gasteiger partial charge in [0.05, 0.1) is 0 Å². The first-order valence-corrected chi connectivity index (χ1v) is 3.30. The van der Waals surface area contributed by atoms with Gasteiger partial charge in [0.1, 0.15) is 0 Å². The third kappa shape index (κ3) is 1.41. The Morgan fingerprint density at radius 3 is 2.88 bits per heavy atom. The fourth-order valence-electron chi connectivity index (χ4n) is 0.822. The molecule has 1 rings (SSSR count). The van der Waals surface area contributed by atoms with Gasteiger partial charge in [-0.1, -0.05) is 25.2 Å². The van der Waals surface area contributed by atoms with E-state index in [0.717, 1.165) is 6.42 Å². The second-order valence-electron chi connectivity index (χ2n) is 2.22. The van der Waals surface area contributed by atoms with Crippen molar-refractivity contribution in [2.45, 2.75) is 13.3 Å². The Morgan fingerprint density at radius 2 is 2.50 bits per heavy atom. The van der Waals surface area contributed by atoms with Crippen molar-refractivity contribution in [3.05, 3.63) is 23.1 Å². The molecule has 0 aromatic carbocycles. The van der Waals surface area contributed by atoms with E-state index in [1.807, 2.05) is 6.08 Å². The minimum absolute atomic E-state index is 0.687. The van der Waals surface area contributed by atoms with Gasteiger partial charge in [0.15, 0.2) is 0 Å². The molecule has 0 saturated carbocycles. The first kappa shape index (κ1) is 5.96. The summed E-state index contributed by atoms with van der Waals surface area (Å²) in [5.41, 5.74) is 0. The third-order valence-corrected chi connectivity index (χ3v) is 1.59. The number of allylic oxidation sites excluding steroid dienone is 4. The monoisotopic (exact) mass is 126 g/mol. The van der Waals surface area contributed by atoms with E-state index in [-0.39, 0.29) is 0 Å². The van der Waals surface area contributed by atoms with Crippen LogP contribution in [0.25, 0.3) is 0 Å². The fraction of sp³-hybridized carbons (Fsp3) is 0.429. The number of hydrogen-bond acceptors (Lipinski definition) is 1. The van der Waals surface area contributed by atoms with Crippen LogP contribution in [0.15, 0.2) is 23.1 Å². The quantitative estimate of drug-likeness (QED) is 0.473. The van der Waals surface area contributed by atoms with Gasteiger partial charge in [-0.25, -0.2) is 0 Å². The first-order chi connectivity index (χ1) is 3.79. The van der Waals surface area contributed by atoms with Gasteiger partial charge >= 0.3 is 0 Å². The minimum atomic E-state index is 0.687. The molecule has 0 heterocycles. The summed E-state index contributed by atoms with van der Waals surface area (Å²) >= 11 is 4.23. The summed E-state index contributed by atoms with van der Waals surface area (Å²) < 4.78 is 0. The first-order valence-electron chi connectivity index (χ1n) is 2.85. The van der Waals surface area contributed by atoms with Crippen molar-refractivity contribution in [2.75, 3.05) is 0 Å². The Morgan fingerprint density at radius 1 is 1.75 bits per heavy atom. The van der Waals surface area contributed by atoms with Gasteiger partial charge in [-0.3, -0.25) is 0 Å². The highest BCUT2D eigenvalue weighted by Crippen LogP contribution is 2.19. The Kier molecular flexibility index (Phi) is 1.79. The second-order valence-corrected chi connectivity index (χ2v) is 2.80. The molecule has 1 heteroatoms. The summed E-state index contributed by atoms with van der Waals surface area (Å²) in [4.78, 5) is 1.19. The molecular formula is C7H10S. The van der Waals surface area contributed by atoms with Gasteiger partial charge in [0.2, 0.25) is 0 Å². The lowest BCUT2D eigenvalue weighted by atomic mass is 10.0. The van der Waals surface area contributed by atoms with Gasteiger partial charge in [-0.15, -0.1) is 12.6 Å². The van der Waals surface area contributed by atoms with Crippen molar-refractivity contribution in [1.29, 1.82) is 0 Å². The molecular weight excluding hydrogens is 116 g/mol. The molecule has 0 bridgehead atoms. The molecule has 0 N–H and O–H groups in total. The SMILES string of the molecule is C[C@H]1C=CC=C(S)C1. The maximum Gasteiger partial charge on any atom is -0.0160 e. The van der Waals surface area contributed by atoms with Crippen molar-refractivity contribution >= 4 is 12.6 Å². The Bertz CT molecular complexity index is 133. The zero-order valence-electron chi connectivity index (χ0n) is 4.96. The highest BCUT2D eigenvalue weighted by Gasteiger charge is 2.00. The molecule has 1 aliphatic rings. The molecule has 0 aromatic heterocycles. The highest BCUT2D eigenvalue weighted by molar-refractivity contribution is 7.84. The van der Waals surface area contributed by atoms with Crippen LogP contribution in [0.3, 0.4) is 0 Å². The second kappa shape index (κ2) is 2.40. The lowest BCUT2D eigenvalue weighted by Gasteiger charge is -2.08. The normalized spacial score (nSPS) is 27.8. The van der Waals surface area contributed by atoms with Gasteiger partial charge in [-0.2, -0.15) is 0 Å². The molecule has 0 unspecified atom stereocenters. The van der Waals surface area contributed by atoms with Crippen LogP contribution in [-0.2, 0) is 0 Å². The van der Waals surface area contributed by atoms with Crippen molar-refractivity contribution in [1.82, 2.24) is 0 Å². The largest absolute Gasteiger partial charge is 0.148 e. The maximum atomic E-state index is 4.23. The van der Waals surface area contributed by atoms with E-state index in [1.54, 1.807) is 0 Å². The summed E-state index contributed by atoms with van der Waals surface area (Å²) in [5, 5.41) is 0. The average Bonchev–Trinajstić information content (AvgIpc) is 1.64.